The number of aliphatic hydroxyl groups is 1. The Kier molecular flexibility index (Phi) is 5.23. The first kappa shape index (κ1) is 16.4. The smallest absolute Gasteiger partial charge is 0.281 e. The molecule has 0 aliphatic carbocycles. The number of rotatable bonds is 5. The van der Waals surface area contributed by atoms with Gasteiger partial charge in [-0.15, -0.1) is 5.11 Å². The Hall–Kier alpha value is -2.98. The lowest BCUT2D eigenvalue weighted by Gasteiger charge is -2.12. The number of nitriles is 1. The Balaban J connectivity index is 2.57. The highest BCUT2D eigenvalue weighted by molar-refractivity contribution is 5.56. The van der Waals surface area contributed by atoms with E-state index in [2.05, 4.69) is 10.2 Å². The topological polar surface area (TPSA) is 111 Å². The summed E-state index contributed by atoms with van der Waals surface area (Å²) in [6, 6.07) is 10.7. The monoisotopic (exact) mass is 312 g/mol. The molecule has 0 amide bonds. The van der Waals surface area contributed by atoms with Crippen molar-refractivity contribution in [1.29, 1.82) is 5.26 Å². The number of benzene rings is 1. The van der Waals surface area contributed by atoms with E-state index in [-0.39, 0.29) is 36.4 Å². The minimum Gasteiger partial charge on any atom is -0.493 e. The first-order valence-electron chi connectivity index (χ1n) is 7.04. The molecule has 0 unspecified atom stereocenters. The molecule has 23 heavy (non-hydrogen) atoms. The third-order valence-corrected chi connectivity index (χ3v) is 3.33. The summed E-state index contributed by atoms with van der Waals surface area (Å²) < 4.78 is 1.03. The van der Waals surface area contributed by atoms with E-state index in [9.17, 15) is 15.2 Å². The molecule has 0 atom stereocenters. The molecular formula is C16H16N4O3. The number of nitrogens with zero attached hydrogens (tertiary/aromatic N) is 4. The molecular weight excluding hydrogens is 296 g/mol. The van der Waals surface area contributed by atoms with Crippen molar-refractivity contribution in [3.63, 3.8) is 0 Å². The first-order chi connectivity index (χ1) is 11.1. The number of aliphatic hydroxyl groups excluding tert-OH is 1. The summed E-state index contributed by atoms with van der Waals surface area (Å²) >= 11 is 0. The number of hydrogen-bond acceptors (Lipinski definition) is 6. The van der Waals surface area contributed by atoms with Gasteiger partial charge in [0.25, 0.3) is 5.56 Å². The summed E-state index contributed by atoms with van der Waals surface area (Å²) in [4.78, 5) is 12.5. The Morgan fingerprint density at radius 2 is 1.96 bits per heavy atom. The normalized spacial score (nSPS) is 10.8. The summed E-state index contributed by atoms with van der Waals surface area (Å²) in [6.45, 7) is 1.49. The zero-order valence-electron chi connectivity index (χ0n) is 12.6. The molecule has 0 radical (unpaired) electrons. The van der Waals surface area contributed by atoms with Gasteiger partial charge >= 0.3 is 0 Å². The van der Waals surface area contributed by atoms with Crippen LogP contribution >= 0.6 is 0 Å². The molecule has 7 nitrogen and oxygen atoms in total. The number of aromatic hydroxyl groups is 1. The van der Waals surface area contributed by atoms with Crippen LogP contribution in [0.15, 0.2) is 45.4 Å². The number of aromatic nitrogens is 1. The maximum Gasteiger partial charge on any atom is 0.281 e. The van der Waals surface area contributed by atoms with Gasteiger partial charge in [-0.1, -0.05) is 18.2 Å². The SMILES string of the molecule is Cc1c(C#N)c(O)n(CCCO)c(=O)c1N=Nc1ccccc1. The van der Waals surface area contributed by atoms with Gasteiger partial charge in [-0.05, 0) is 25.5 Å². The molecule has 0 aliphatic rings. The third kappa shape index (κ3) is 3.44. The van der Waals surface area contributed by atoms with Crippen molar-refractivity contribution in [3.8, 4) is 11.9 Å². The fraction of sp³-hybridized carbons (Fsp3) is 0.250. The number of pyridine rings is 1. The molecule has 0 fully saturated rings. The minimum atomic E-state index is -0.549. The van der Waals surface area contributed by atoms with Crippen LogP contribution in [0.3, 0.4) is 0 Å². The fourth-order valence-electron chi connectivity index (χ4n) is 2.10. The van der Waals surface area contributed by atoms with Gasteiger partial charge in [0.2, 0.25) is 5.88 Å². The molecule has 1 aromatic heterocycles. The summed E-state index contributed by atoms with van der Waals surface area (Å²) in [5.41, 5.74) is 0.271. The van der Waals surface area contributed by atoms with E-state index in [0.29, 0.717) is 5.69 Å². The van der Waals surface area contributed by atoms with E-state index in [1.165, 1.54) is 6.92 Å². The van der Waals surface area contributed by atoms with Crippen molar-refractivity contribution in [2.24, 2.45) is 10.2 Å². The summed E-state index contributed by atoms with van der Waals surface area (Å²) in [5, 5.41) is 36.1. The van der Waals surface area contributed by atoms with Gasteiger partial charge in [-0.3, -0.25) is 9.36 Å². The highest BCUT2D eigenvalue weighted by atomic mass is 16.3. The first-order valence-corrected chi connectivity index (χ1v) is 7.04. The standard InChI is InChI=1S/C16H16N4O3/c1-11-13(10-17)15(22)20(8-5-9-21)16(23)14(11)19-18-12-6-3-2-4-7-12/h2-4,6-7,21-22H,5,8-9H2,1H3. The predicted octanol–water partition coefficient (Wildman–Crippen LogP) is 2.53. The fourth-order valence-corrected chi connectivity index (χ4v) is 2.10. The van der Waals surface area contributed by atoms with Crippen LogP contribution in [-0.4, -0.2) is 21.4 Å². The van der Waals surface area contributed by atoms with E-state index >= 15 is 0 Å². The van der Waals surface area contributed by atoms with E-state index in [0.717, 1.165) is 4.57 Å². The van der Waals surface area contributed by atoms with E-state index < -0.39 is 11.4 Å². The van der Waals surface area contributed by atoms with Crippen LogP contribution in [0.2, 0.25) is 0 Å². The maximum absolute atomic E-state index is 12.5. The molecule has 2 rings (SSSR count). The largest absolute Gasteiger partial charge is 0.493 e. The Bertz CT molecular complexity index is 820. The summed E-state index contributed by atoms with van der Waals surface area (Å²) in [6.07, 6.45) is 0.274. The highest BCUT2D eigenvalue weighted by Crippen LogP contribution is 2.26. The van der Waals surface area contributed by atoms with Crippen LogP contribution < -0.4 is 5.56 Å². The highest BCUT2D eigenvalue weighted by Gasteiger charge is 2.18. The summed E-state index contributed by atoms with van der Waals surface area (Å²) in [7, 11) is 0. The van der Waals surface area contributed by atoms with Crippen molar-refractivity contribution in [1.82, 2.24) is 4.57 Å². The third-order valence-electron chi connectivity index (χ3n) is 3.33. The lowest BCUT2D eigenvalue weighted by atomic mass is 10.1. The molecule has 1 aromatic carbocycles. The van der Waals surface area contributed by atoms with E-state index in [1.54, 1.807) is 24.3 Å². The van der Waals surface area contributed by atoms with Crippen molar-refractivity contribution in [2.45, 2.75) is 19.9 Å². The molecule has 2 N–H and O–H groups in total. The van der Waals surface area contributed by atoms with Crippen LogP contribution in [0.4, 0.5) is 11.4 Å². The number of hydrogen-bond donors (Lipinski definition) is 2. The van der Waals surface area contributed by atoms with Gasteiger partial charge in [0.1, 0.15) is 11.6 Å². The molecule has 1 heterocycles. The van der Waals surface area contributed by atoms with Gasteiger partial charge in [-0.2, -0.15) is 10.4 Å². The van der Waals surface area contributed by atoms with Gasteiger partial charge in [-0.25, -0.2) is 0 Å². The van der Waals surface area contributed by atoms with Gasteiger partial charge in [0.15, 0.2) is 5.69 Å². The molecule has 0 bridgehead atoms. The maximum atomic E-state index is 12.5. The van der Waals surface area contributed by atoms with E-state index in [4.69, 9.17) is 5.11 Å². The predicted molar refractivity (Wildman–Crippen MR) is 84.1 cm³/mol. The zero-order chi connectivity index (χ0) is 16.8. The molecule has 0 spiro atoms. The van der Waals surface area contributed by atoms with Crippen molar-refractivity contribution < 1.29 is 10.2 Å². The second-order valence-corrected chi connectivity index (χ2v) is 4.85. The van der Waals surface area contributed by atoms with Crippen molar-refractivity contribution in [2.75, 3.05) is 6.61 Å². The van der Waals surface area contributed by atoms with Crippen LogP contribution in [0, 0.1) is 18.3 Å². The Morgan fingerprint density at radius 3 is 2.57 bits per heavy atom. The molecule has 0 aliphatic heterocycles. The van der Waals surface area contributed by atoms with Crippen molar-refractivity contribution in [3.05, 3.63) is 51.8 Å². The van der Waals surface area contributed by atoms with Gasteiger partial charge < -0.3 is 10.2 Å². The molecule has 7 heteroatoms. The van der Waals surface area contributed by atoms with Crippen molar-refractivity contribution >= 4 is 11.4 Å². The summed E-state index contributed by atoms with van der Waals surface area (Å²) in [5.74, 6) is -0.415. The minimum absolute atomic E-state index is 0.00106. The molecule has 118 valence electrons. The average Bonchev–Trinajstić information content (AvgIpc) is 2.56. The van der Waals surface area contributed by atoms with Crippen LogP contribution in [0.5, 0.6) is 5.88 Å². The second-order valence-electron chi connectivity index (χ2n) is 4.85. The van der Waals surface area contributed by atoms with Crippen LogP contribution in [-0.2, 0) is 6.54 Å². The average molecular weight is 312 g/mol. The van der Waals surface area contributed by atoms with Crippen LogP contribution in [0.25, 0.3) is 0 Å². The number of azo groups is 1. The van der Waals surface area contributed by atoms with Gasteiger partial charge in [0.05, 0.1) is 5.69 Å². The lowest BCUT2D eigenvalue weighted by Crippen LogP contribution is -2.22. The quantitative estimate of drug-likeness (QED) is 0.826. The Labute approximate surface area is 132 Å². The second kappa shape index (κ2) is 7.33. The molecule has 0 saturated heterocycles. The molecule has 0 saturated carbocycles. The zero-order valence-corrected chi connectivity index (χ0v) is 12.6. The Morgan fingerprint density at radius 1 is 1.26 bits per heavy atom. The van der Waals surface area contributed by atoms with Gasteiger partial charge in [0, 0.05) is 18.7 Å². The van der Waals surface area contributed by atoms with E-state index in [1.807, 2.05) is 12.1 Å². The lowest BCUT2D eigenvalue weighted by molar-refractivity contribution is 0.274. The van der Waals surface area contributed by atoms with Crippen LogP contribution in [0.1, 0.15) is 17.5 Å². The molecule has 2 aromatic rings.